The first-order chi connectivity index (χ1) is 9.66. The molecule has 0 aliphatic heterocycles. The molecular weight excluding hydrogens is 268 g/mol. The molecule has 1 amide bonds. The fraction of sp³-hybridized carbons (Fsp3) is 0.875. The van der Waals surface area contributed by atoms with Crippen molar-refractivity contribution in [3.05, 3.63) is 0 Å². The number of hydrogen-bond acceptors (Lipinski definition) is 3. The van der Waals surface area contributed by atoms with Gasteiger partial charge in [-0.2, -0.15) is 0 Å². The summed E-state index contributed by atoms with van der Waals surface area (Å²) in [6.07, 6.45) is 3.15. The predicted octanol–water partition coefficient (Wildman–Crippen LogP) is 2.15. The number of hydrogen-bond donors (Lipinski definition) is 3. The van der Waals surface area contributed by atoms with Crippen LogP contribution in [0.2, 0.25) is 0 Å². The molecule has 0 bridgehead atoms. The van der Waals surface area contributed by atoms with Gasteiger partial charge < -0.3 is 16.2 Å². The first-order valence-corrected chi connectivity index (χ1v) is 7.94. The number of rotatable bonds is 6. The van der Waals surface area contributed by atoms with Gasteiger partial charge in [-0.1, -0.05) is 20.8 Å². The molecular formula is C16H30N2O3. The molecule has 0 spiro atoms. The van der Waals surface area contributed by atoms with Gasteiger partial charge in [0.1, 0.15) is 0 Å². The Morgan fingerprint density at radius 3 is 2.57 bits per heavy atom. The Labute approximate surface area is 127 Å². The van der Waals surface area contributed by atoms with Crippen LogP contribution in [0.3, 0.4) is 0 Å². The van der Waals surface area contributed by atoms with E-state index in [1.807, 2.05) is 6.92 Å². The van der Waals surface area contributed by atoms with Crippen molar-refractivity contribution in [1.29, 1.82) is 0 Å². The summed E-state index contributed by atoms with van der Waals surface area (Å²) >= 11 is 0. The molecule has 5 heteroatoms. The van der Waals surface area contributed by atoms with Crippen molar-refractivity contribution in [3.63, 3.8) is 0 Å². The highest BCUT2D eigenvalue weighted by molar-refractivity contribution is 5.80. The molecule has 0 heterocycles. The van der Waals surface area contributed by atoms with Crippen molar-refractivity contribution in [3.8, 4) is 0 Å². The van der Waals surface area contributed by atoms with Crippen LogP contribution in [0.4, 0.5) is 0 Å². The fourth-order valence-electron chi connectivity index (χ4n) is 3.29. The molecule has 0 aromatic heterocycles. The molecule has 1 fully saturated rings. The van der Waals surface area contributed by atoms with Gasteiger partial charge in [-0.3, -0.25) is 9.59 Å². The van der Waals surface area contributed by atoms with Crippen LogP contribution < -0.4 is 11.1 Å². The topological polar surface area (TPSA) is 92.4 Å². The molecule has 0 aromatic rings. The second kappa shape index (κ2) is 7.25. The number of carbonyl (C=O) groups is 2. The van der Waals surface area contributed by atoms with Crippen LogP contribution in [-0.4, -0.2) is 29.1 Å². The molecule has 4 N–H and O–H groups in total. The number of amides is 1. The average Bonchev–Trinajstić information content (AvgIpc) is 2.35. The second-order valence-corrected chi connectivity index (χ2v) is 7.10. The Hall–Kier alpha value is -1.10. The number of nitrogens with two attached hydrogens (primary N) is 1. The maximum Gasteiger partial charge on any atom is 0.303 e. The molecule has 0 aromatic carbocycles. The van der Waals surface area contributed by atoms with Gasteiger partial charge in [-0.25, -0.2) is 0 Å². The molecule has 0 radical (unpaired) electrons. The summed E-state index contributed by atoms with van der Waals surface area (Å²) in [7, 11) is 0. The SMILES string of the molecule is CC(CCCC(=O)O)NC(=O)C1CCC(N)C(C)C1(C)C. The quantitative estimate of drug-likeness (QED) is 0.700. The van der Waals surface area contributed by atoms with Crippen LogP contribution in [0.1, 0.15) is 59.8 Å². The summed E-state index contributed by atoms with van der Waals surface area (Å²) in [4.78, 5) is 23.0. The lowest BCUT2D eigenvalue weighted by Gasteiger charge is -2.46. The van der Waals surface area contributed by atoms with Gasteiger partial charge in [0.05, 0.1) is 0 Å². The zero-order valence-electron chi connectivity index (χ0n) is 13.7. The van der Waals surface area contributed by atoms with Crippen LogP contribution in [0.25, 0.3) is 0 Å². The van der Waals surface area contributed by atoms with E-state index in [-0.39, 0.29) is 35.7 Å². The summed E-state index contributed by atoms with van der Waals surface area (Å²) < 4.78 is 0. The van der Waals surface area contributed by atoms with Crippen molar-refractivity contribution in [2.24, 2.45) is 23.0 Å². The van der Waals surface area contributed by atoms with E-state index in [1.54, 1.807) is 0 Å². The van der Waals surface area contributed by atoms with Crippen molar-refractivity contribution in [2.75, 3.05) is 0 Å². The van der Waals surface area contributed by atoms with Gasteiger partial charge in [0.25, 0.3) is 0 Å². The Balaban J connectivity index is 2.52. The summed E-state index contributed by atoms with van der Waals surface area (Å²) in [5, 5.41) is 11.7. The minimum Gasteiger partial charge on any atom is -0.481 e. The third-order valence-electron chi connectivity index (χ3n) is 5.24. The summed E-state index contributed by atoms with van der Waals surface area (Å²) in [5.41, 5.74) is 6.02. The first kappa shape index (κ1) is 18.0. The van der Waals surface area contributed by atoms with E-state index in [0.29, 0.717) is 18.8 Å². The highest BCUT2D eigenvalue weighted by atomic mass is 16.4. The van der Waals surface area contributed by atoms with Gasteiger partial charge in [0.2, 0.25) is 5.91 Å². The van der Waals surface area contributed by atoms with E-state index >= 15 is 0 Å². The smallest absolute Gasteiger partial charge is 0.303 e. The molecule has 5 nitrogen and oxygen atoms in total. The minimum absolute atomic E-state index is 0.0126. The maximum atomic E-state index is 12.5. The van der Waals surface area contributed by atoms with Crippen LogP contribution in [0.15, 0.2) is 0 Å². The van der Waals surface area contributed by atoms with Crippen LogP contribution >= 0.6 is 0 Å². The van der Waals surface area contributed by atoms with E-state index in [4.69, 9.17) is 10.8 Å². The lowest BCUT2D eigenvalue weighted by Crippen LogP contribution is -2.52. The molecule has 1 aliphatic rings. The Morgan fingerprint density at radius 2 is 2.00 bits per heavy atom. The average molecular weight is 298 g/mol. The zero-order chi connectivity index (χ0) is 16.2. The van der Waals surface area contributed by atoms with Gasteiger partial charge in [0.15, 0.2) is 0 Å². The standard InChI is InChI=1S/C16H30N2O3/c1-10(6-5-7-14(19)20)18-15(21)12-8-9-13(17)11(2)16(12,3)4/h10-13H,5-9,17H2,1-4H3,(H,18,21)(H,19,20). The highest BCUT2D eigenvalue weighted by Crippen LogP contribution is 2.44. The Morgan fingerprint density at radius 1 is 1.38 bits per heavy atom. The predicted molar refractivity (Wildman–Crippen MR) is 82.7 cm³/mol. The zero-order valence-corrected chi connectivity index (χ0v) is 13.7. The lowest BCUT2D eigenvalue weighted by atomic mass is 9.61. The molecule has 4 unspecified atom stereocenters. The van der Waals surface area contributed by atoms with E-state index in [2.05, 4.69) is 26.1 Å². The molecule has 1 saturated carbocycles. The van der Waals surface area contributed by atoms with Crippen LogP contribution in [-0.2, 0) is 9.59 Å². The van der Waals surface area contributed by atoms with E-state index in [1.165, 1.54) is 0 Å². The van der Waals surface area contributed by atoms with E-state index < -0.39 is 5.97 Å². The highest BCUT2D eigenvalue weighted by Gasteiger charge is 2.45. The molecule has 21 heavy (non-hydrogen) atoms. The fourth-order valence-corrected chi connectivity index (χ4v) is 3.29. The summed E-state index contributed by atoms with van der Waals surface area (Å²) in [5.74, 6) is -0.412. The Bertz CT molecular complexity index is 382. The van der Waals surface area contributed by atoms with Crippen molar-refractivity contribution >= 4 is 11.9 Å². The van der Waals surface area contributed by atoms with Gasteiger partial charge >= 0.3 is 5.97 Å². The normalized spacial score (nSPS) is 29.7. The molecule has 122 valence electrons. The number of nitrogens with one attached hydrogen (secondary N) is 1. The number of carbonyl (C=O) groups excluding carboxylic acids is 1. The van der Waals surface area contributed by atoms with E-state index in [9.17, 15) is 9.59 Å². The molecule has 1 rings (SSSR count). The molecule has 0 saturated heterocycles. The summed E-state index contributed by atoms with van der Waals surface area (Å²) in [6, 6.07) is 0.176. The second-order valence-electron chi connectivity index (χ2n) is 7.10. The van der Waals surface area contributed by atoms with Crippen molar-refractivity contribution in [1.82, 2.24) is 5.32 Å². The monoisotopic (exact) mass is 298 g/mol. The van der Waals surface area contributed by atoms with Crippen molar-refractivity contribution in [2.45, 2.75) is 71.9 Å². The van der Waals surface area contributed by atoms with E-state index in [0.717, 1.165) is 12.8 Å². The number of aliphatic carboxylic acids is 1. The third-order valence-corrected chi connectivity index (χ3v) is 5.24. The minimum atomic E-state index is -0.787. The van der Waals surface area contributed by atoms with Crippen LogP contribution in [0, 0.1) is 17.3 Å². The van der Waals surface area contributed by atoms with Crippen molar-refractivity contribution < 1.29 is 14.7 Å². The van der Waals surface area contributed by atoms with Gasteiger partial charge in [0, 0.05) is 24.4 Å². The molecule has 1 aliphatic carbocycles. The summed E-state index contributed by atoms with van der Waals surface area (Å²) in [6.45, 7) is 8.30. The number of carboxylic acids is 1. The first-order valence-electron chi connectivity index (χ1n) is 7.94. The third kappa shape index (κ3) is 4.70. The number of carboxylic acid groups (broad SMARTS) is 1. The maximum absolute atomic E-state index is 12.5. The Kier molecular flexibility index (Phi) is 6.20. The largest absolute Gasteiger partial charge is 0.481 e. The van der Waals surface area contributed by atoms with Gasteiger partial charge in [-0.15, -0.1) is 0 Å². The van der Waals surface area contributed by atoms with Gasteiger partial charge in [-0.05, 0) is 43.9 Å². The molecule has 4 atom stereocenters. The van der Waals surface area contributed by atoms with Crippen LogP contribution in [0.5, 0.6) is 0 Å². The lowest BCUT2D eigenvalue weighted by molar-refractivity contribution is -0.137.